The van der Waals surface area contributed by atoms with E-state index in [0.29, 0.717) is 12.3 Å². The summed E-state index contributed by atoms with van der Waals surface area (Å²) in [5.74, 6) is 0.0416. The second kappa shape index (κ2) is 7.87. The highest BCUT2D eigenvalue weighted by Gasteiger charge is 2.25. The van der Waals surface area contributed by atoms with Crippen LogP contribution in [0.4, 0.5) is 5.69 Å². The number of benzene rings is 1. The molecule has 26 heavy (non-hydrogen) atoms. The molecule has 1 saturated heterocycles. The number of aromatic nitrogens is 1. The predicted octanol–water partition coefficient (Wildman–Crippen LogP) is 3.26. The number of rotatable bonds is 4. The van der Waals surface area contributed by atoms with Crippen LogP contribution in [0.5, 0.6) is 0 Å². The van der Waals surface area contributed by atoms with Gasteiger partial charge in [0, 0.05) is 19.6 Å². The number of ether oxygens (including phenoxy) is 1. The van der Waals surface area contributed by atoms with Gasteiger partial charge >= 0.3 is 0 Å². The fraction of sp³-hybridized carbons (Fsp3) is 0.429. The van der Waals surface area contributed by atoms with E-state index in [-0.39, 0.29) is 12.0 Å². The summed E-state index contributed by atoms with van der Waals surface area (Å²) >= 11 is 0. The van der Waals surface area contributed by atoms with Crippen molar-refractivity contribution in [1.29, 1.82) is 0 Å². The van der Waals surface area contributed by atoms with Crippen LogP contribution in [0.15, 0.2) is 42.5 Å². The van der Waals surface area contributed by atoms with Crippen LogP contribution >= 0.6 is 0 Å². The molecule has 1 fully saturated rings. The number of hydrogen-bond acceptors (Lipinski definition) is 4. The van der Waals surface area contributed by atoms with E-state index >= 15 is 0 Å². The van der Waals surface area contributed by atoms with Crippen LogP contribution in [0, 0.1) is 0 Å². The van der Waals surface area contributed by atoms with Crippen LogP contribution in [0.1, 0.15) is 41.0 Å². The number of carbonyl (C=O) groups is 1. The van der Waals surface area contributed by atoms with E-state index in [1.807, 2.05) is 35.2 Å². The largest absolute Gasteiger partial charge is 0.384 e. The first-order valence-corrected chi connectivity index (χ1v) is 9.48. The van der Waals surface area contributed by atoms with E-state index in [9.17, 15) is 4.79 Å². The molecule has 0 bridgehead atoms. The Kier molecular flexibility index (Phi) is 5.16. The van der Waals surface area contributed by atoms with Gasteiger partial charge in [0.25, 0.3) is 5.91 Å². The van der Waals surface area contributed by atoms with Crippen molar-refractivity contribution in [3.63, 3.8) is 0 Å². The van der Waals surface area contributed by atoms with E-state index in [1.54, 1.807) is 0 Å². The van der Waals surface area contributed by atoms with Gasteiger partial charge < -0.3 is 15.0 Å². The lowest BCUT2D eigenvalue weighted by Gasteiger charge is -2.32. The first-order chi connectivity index (χ1) is 12.8. The number of fused-ring (bicyclic) bond motifs is 1. The molecular formula is C21H25N3O2. The van der Waals surface area contributed by atoms with E-state index < -0.39 is 0 Å². The highest BCUT2D eigenvalue weighted by molar-refractivity contribution is 5.92. The normalized spacial score (nSPS) is 17.5. The molecule has 0 aliphatic carbocycles. The first kappa shape index (κ1) is 17.0. The molecule has 4 rings (SSSR count). The van der Waals surface area contributed by atoms with Gasteiger partial charge in [0.05, 0.1) is 24.1 Å². The van der Waals surface area contributed by atoms with Crippen LogP contribution in [-0.4, -0.2) is 41.5 Å². The van der Waals surface area contributed by atoms with Crippen molar-refractivity contribution in [1.82, 2.24) is 9.88 Å². The minimum Gasteiger partial charge on any atom is -0.384 e. The third kappa shape index (κ3) is 3.88. The molecule has 0 saturated carbocycles. The number of hydrogen-bond donors (Lipinski definition) is 1. The number of nitrogens with one attached hydrogen (secondary N) is 1. The molecule has 0 radical (unpaired) electrons. The lowest BCUT2D eigenvalue weighted by molar-refractivity contribution is -0.000513. The summed E-state index contributed by atoms with van der Waals surface area (Å²) in [6.45, 7) is 3.09. The Balaban J connectivity index is 1.31. The molecule has 3 heterocycles. The SMILES string of the molecule is O=C(c1ccc2c(n1)CCCN2)N1CCC(OCc2ccccc2)CC1. The number of pyridine rings is 1. The summed E-state index contributed by atoms with van der Waals surface area (Å²) < 4.78 is 6.02. The molecule has 1 amide bonds. The van der Waals surface area contributed by atoms with Crippen molar-refractivity contribution in [2.75, 3.05) is 25.0 Å². The minimum atomic E-state index is 0.0416. The number of amides is 1. The Morgan fingerprint density at radius 3 is 2.77 bits per heavy atom. The fourth-order valence-corrected chi connectivity index (χ4v) is 3.63. The quantitative estimate of drug-likeness (QED) is 0.919. The lowest BCUT2D eigenvalue weighted by Crippen LogP contribution is -2.41. The molecule has 5 heteroatoms. The fourth-order valence-electron chi connectivity index (χ4n) is 3.63. The molecule has 0 unspecified atom stereocenters. The van der Waals surface area contributed by atoms with E-state index in [0.717, 1.165) is 56.7 Å². The second-order valence-electron chi connectivity index (χ2n) is 7.01. The third-order valence-corrected chi connectivity index (χ3v) is 5.16. The number of likely N-dealkylation sites (tertiary alicyclic amines) is 1. The maximum atomic E-state index is 12.8. The average Bonchev–Trinajstić information content (AvgIpc) is 2.72. The van der Waals surface area contributed by atoms with Crippen molar-refractivity contribution in [2.45, 2.75) is 38.4 Å². The van der Waals surface area contributed by atoms with Gasteiger partial charge in [0.1, 0.15) is 5.69 Å². The summed E-state index contributed by atoms with van der Waals surface area (Å²) in [6, 6.07) is 14.1. The third-order valence-electron chi connectivity index (χ3n) is 5.16. The summed E-state index contributed by atoms with van der Waals surface area (Å²) in [5.41, 5.74) is 3.85. The monoisotopic (exact) mass is 351 g/mol. The number of anilines is 1. The van der Waals surface area contributed by atoms with Crippen LogP contribution in [0.2, 0.25) is 0 Å². The zero-order valence-corrected chi connectivity index (χ0v) is 15.0. The highest BCUT2D eigenvalue weighted by Crippen LogP contribution is 2.22. The van der Waals surface area contributed by atoms with E-state index in [2.05, 4.69) is 22.4 Å². The van der Waals surface area contributed by atoms with Gasteiger partial charge in [-0.25, -0.2) is 4.98 Å². The minimum absolute atomic E-state index is 0.0416. The predicted molar refractivity (Wildman–Crippen MR) is 101 cm³/mol. The topological polar surface area (TPSA) is 54.5 Å². The zero-order chi connectivity index (χ0) is 17.8. The highest BCUT2D eigenvalue weighted by atomic mass is 16.5. The molecule has 1 N–H and O–H groups in total. The first-order valence-electron chi connectivity index (χ1n) is 9.48. The Morgan fingerprint density at radius 1 is 1.15 bits per heavy atom. The smallest absolute Gasteiger partial charge is 0.272 e. The molecule has 2 aromatic rings. The van der Waals surface area contributed by atoms with Crippen molar-refractivity contribution in [3.8, 4) is 0 Å². The number of carbonyl (C=O) groups excluding carboxylic acids is 1. The van der Waals surface area contributed by atoms with Gasteiger partial charge in [-0.1, -0.05) is 30.3 Å². The maximum absolute atomic E-state index is 12.8. The average molecular weight is 351 g/mol. The van der Waals surface area contributed by atoms with E-state index in [1.165, 1.54) is 5.56 Å². The van der Waals surface area contributed by atoms with Crippen molar-refractivity contribution >= 4 is 11.6 Å². The molecule has 0 atom stereocenters. The standard InChI is InChI=1S/C21H25N3O2/c25-21(20-9-8-18-19(23-20)7-4-12-22-18)24-13-10-17(11-14-24)26-15-16-5-2-1-3-6-16/h1-3,5-6,8-9,17,22H,4,7,10-15H2. The van der Waals surface area contributed by atoms with Gasteiger partial charge in [-0.3, -0.25) is 4.79 Å². The summed E-state index contributed by atoms with van der Waals surface area (Å²) in [5, 5.41) is 3.34. The van der Waals surface area contributed by atoms with Crippen molar-refractivity contribution < 1.29 is 9.53 Å². The Hall–Kier alpha value is -2.40. The molecular weight excluding hydrogens is 326 g/mol. The molecule has 5 nitrogen and oxygen atoms in total. The van der Waals surface area contributed by atoms with Gasteiger partial charge in [0.15, 0.2) is 0 Å². The summed E-state index contributed by atoms with van der Waals surface area (Å²) in [6.07, 6.45) is 4.00. The van der Waals surface area contributed by atoms with Crippen LogP contribution < -0.4 is 5.32 Å². The summed E-state index contributed by atoms with van der Waals surface area (Å²) in [4.78, 5) is 19.3. The molecule has 2 aliphatic heterocycles. The number of aryl methyl sites for hydroxylation is 1. The Bertz CT molecular complexity index is 755. The molecule has 2 aliphatic rings. The Labute approximate surface area is 154 Å². The lowest BCUT2D eigenvalue weighted by atomic mass is 10.1. The van der Waals surface area contributed by atoms with Crippen LogP contribution in [0.25, 0.3) is 0 Å². The van der Waals surface area contributed by atoms with Gasteiger partial charge in [-0.05, 0) is 43.4 Å². The van der Waals surface area contributed by atoms with Crippen molar-refractivity contribution in [2.24, 2.45) is 0 Å². The summed E-state index contributed by atoms with van der Waals surface area (Å²) in [7, 11) is 0. The Morgan fingerprint density at radius 2 is 1.96 bits per heavy atom. The van der Waals surface area contributed by atoms with Gasteiger partial charge in [-0.2, -0.15) is 0 Å². The van der Waals surface area contributed by atoms with Crippen LogP contribution in [-0.2, 0) is 17.8 Å². The second-order valence-corrected chi connectivity index (χ2v) is 7.01. The molecule has 136 valence electrons. The van der Waals surface area contributed by atoms with Gasteiger partial charge in [0.2, 0.25) is 0 Å². The van der Waals surface area contributed by atoms with E-state index in [4.69, 9.17) is 4.74 Å². The molecule has 1 aromatic carbocycles. The van der Waals surface area contributed by atoms with Crippen LogP contribution in [0.3, 0.4) is 0 Å². The zero-order valence-electron chi connectivity index (χ0n) is 15.0. The maximum Gasteiger partial charge on any atom is 0.272 e. The number of nitrogens with zero attached hydrogens (tertiary/aromatic N) is 2. The van der Waals surface area contributed by atoms with Crippen molar-refractivity contribution in [3.05, 3.63) is 59.4 Å². The molecule has 1 aromatic heterocycles. The molecule has 0 spiro atoms. The van der Waals surface area contributed by atoms with Gasteiger partial charge in [-0.15, -0.1) is 0 Å². The number of piperidine rings is 1.